The van der Waals surface area contributed by atoms with E-state index in [0.29, 0.717) is 36.0 Å². The summed E-state index contributed by atoms with van der Waals surface area (Å²) >= 11 is 8.06. The van der Waals surface area contributed by atoms with Crippen LogP contribution in [0.4, 0.5) is 5.82 Å². The number of nitrogens with one attached hydrogen (secondary N) is 1. The molecule has 0 unspecified atom stereocenters. The second-order valence-corrected chi connectivity index (χ2v) is 25.1. The highest BCUT2D eigenvalue weighted by molar-refractivity contribution is 7.13. The maximum atomic E-state index is 15.7. The summed E-state index contributed by atoms with van der Waals surface area (Å²) in [6.07, 6.45) is 2.43. The molecule has 16 nitrogen and oxygen atoms in total. The predicted octanol–water partition coefficient (Wildman–Crippen LogP) is 6.69. The van der Waals surface area contributed by atoms with Gasteiger partial charge in [-0.3, -0.25) is 29.0 Å². The average Bonchev–Trinajstić information content (AvgIpc) is 3.94. The largest absolute Gasteiger partial charge is 0.489 e. The molecular formula is C56H71ClN10O6S. The lowest BCUT2D eigenvalue weighted by Crippen LogP contribution is -2.79. The molecule has 5 aliphatic rings. The number of piperazine rings is 1. The fourth-order valence-electron chi connectivity index (χ4n) is 13.3. The number of thiazole rings is 1. The molecule has 0 bridgehead atoms. The van der Waals surface area contributed by atoms with Crippen molar-refractivity contribution >= 4 is 52.4 Å². The number of β-amino-alcohol motifs (C(OH)–C–C–N with tert-alkyl or cyclic N) is 1. The highest BCUT2D eigenvalue weighted by Gasteiger charge is 2.68. The normalized spacial score (nSPS) is 24.2. The number of nitriles is 1. The number of hydrogen-bond donors (Lipinski definition) is 3. The van der Waals surface area contributed by atoms with Gasteiger partial charge in [-0.15, -0.1) is 11.3 Å². The Morgan fingerprint density at radius 3 is 2.24 bits per heavy atom. The third-order valence-electron chi connectivity index (χ3n) is 16.6. The second kappa shape index (κ2) is 20.1. The van der Waals surface area contributed by atoms with Crippen LogP contribution in [0, 0.1) is 39.9 Å². The maximum Gasteiger partial charge on any atom is 0.250 e. The van der Waals surface area contributed by atoms with E-state index in [0.717, 1.165) is 66.5 Å². The number of amides is 4. The van der Waals surface area contributed by atoms with Gasteiger partial charge in [0.2, 0.25) is 23.6 Å². The van der Waals surface area contributed by atoms with Gasteiger partial charge in [-0.25, -0.2) is 9.97 Å². The number of likely N-dealkylation sites (tertiary alicyclic amines) is 1. The lowest BCUT2D eigenvalue weighted by atomic mass is 9.48. The standard InChI is InChI=1S/C56H71ClN10O6S/c1-33(35-10-12-36(13-11-35)46-34(2)61-32-74-46)62-49(71)43-22-40(68)28-66(43)50(72)47(53(3,4)5)67(51-54(6,7)52(55(51,8)9)73-41-16-14-37(26-58)42(57)23-41)45(69)29-63-18-20-64(21-19-63)39-24-56(25-39)30-65(31-56)44-17-15-38(27-60-44)48(59)70/h10-17,23,27,32-33,39-40,43,47,51-52,68H,18-22,24-25,28-31H2,1-9H3,(H2,59,70)(H,62,71)/t33-,40+,43-,47+,51?,52?/m0/s1. The molecular weight excluding hydrogens is 976 g/mol. The Morgan fingerprint density at radius 2 is 1.68 bits per heavy atom. The lowest BCUT2D eigenvalue weighted by molar-refractivity contribution is -0.225. The van der Waals surface area contributed by atoms with Crippen molar-refractivity contribution in [3.63, 3.8) is 0 Å². The van der Waals surface area contributed by atoms with Crippen molar-refractivity contribution < 1.29 is 29.0 Å². The highest BCUT2D eigenvalue weighted by Crippen LogP contribution is 2.59. The van der Waals surface area contributed by atoms with Gasteiger partial charge in [0.15, 0.2) is 0 Å². The van der Waals surface area contributed by atoms with Gasteiger partial charge in [-0.05, 0) is 67.5 Å². The summed E-state index contributed by atoms with van der Waals surface area (Å²) in [6, 6.07) is 16.3. The van der Waals surface area contributed by atoms with Crippen molar-refractivity contribution in [1.29, 1.82) is 5.26 Å². The number of carbonyl (C=O) groups excluding carboxylic acids is 4. The number of aliphatic hydroxyl groups excluding tert-OH is 1. The van der Waals surface area contributed by atoms with Crippen molar-refractivity contribution in [2.24, 2.45) is 27.4 Å². The Bertz CT molecular complexity index is 2790. The van der Waals surface area contributed by atoms with Gasteiger partial charge in [0.25, 0.3) is 0 Å². The van der Waals surface area contributed by atoms with Crippen molar-refractivity contribution in [2.75, 3.05) is 57.3 Å². The van der Waals surface area contributed by atoms with E-state index in [9.17, 15) is 20.0 Å². The average molecular weight is 1050 g/mol. The minimum atomic E-state index is -1.02. The lowest BCUT2D eigenvalue weighted by Gasteiger charge is -2.67. The van der Waals surface area contributed by atoms with Gasteiger partial charge >= 0.3 is 0 Å². The minimum Gasteiger partial charge on any atom is -0.489 e. The SMILES string of the molecule is Cc1ncsc1-c1ccc([C@H](C)NC(=O)[C@@H]2C[C@@H](O)CN2C(=O)[C@@H](N(C(=O)CN2CCN(C3CC4(C3)CN(c3ccc(C(N)=O)cn3)C4)CC2)C2C(C)(C)C(Oc3ccc(C#N)c(Cl)c3)C2(C)C)C(C)(C)C)cc1. The molecule has 0 radical (unpaired) electrons. The number of nitrogens with two attached hydrogens (primary N) is 1. The first-order valence-electron chi connectivity index (χ1n) is 25.8. The van der Waals surface area contributed by atoms with Crippen LogP contribution in [0.25, 0.3) is 10.4 Å². The number of aryl methyl sites for hydroxylation is 1. The number of hydrogen-bond acceptors (Lipinski definition) is 13. The van der Waals surface area contributed by atoms with E-state index < -0.39 is 58.5 Å². The summed E-state index contributed by atoms with van der Waals surface area (Å²) in [7, 11) is 0. The maximum absolute atomic E-state index is 15.7. The van der Waals surface area contributed by atoms with Crippen molar-refractivity contribution in [3.05, 3.63) is 93.7 Å². The first-order chi connectivity index (χ1) is 34.9. The van der Waals surface area contributed by atoms with E-state index in [1.165, 1.54) is 11.1 Å². The third-order valence-corrected chi connectivity index (χ3v) is 17.9. The van der Waals surface area contributed by atoms with E-state index in [1.54, 1.807) is 35.6 Å². The molecule has 74 heavy (non-hydrogen) atoms. The predicted molar refractivity (Wildman–Crippen MR) is 285 cm³/mol. The zero-order valence-corrected chi connectivity index (χ0v) is 45.7. The molecule has 2 aromatic carbocycles. The monoisotopic (exact) mass is 1050 g/mol. The summed E-state index contributed by atoms with van der Waals surface area (Å²) in [5.41, 5.74) is 8.91. The van der Waals surface area contributed by atoms with Crippen LogP contribution in [0.15, 0.2) is 66.3 Å². The van der Waals surface area contributed by atoms with E-state index in [1.807, 2.05) is 75.4 Å². The molecule has 9 rings (SSSR count). The van der Waals surface area contributed by atoms with Crippen LogP contribution in [0.2, 0.25) is 5.02 Å². The number of aromatic nitrogens is 2. The number of rotatable bonds is 14. The quantitative estimate of drug-likeness (QED) is 0.121. The first kappa shape index (κ1) is 53.2. The molecule has 3 aliphatic heterocycles. The Kier molecular flexibility index (Phi) is 14.5. The van der Waals surface area contributed by atoms with Crippen LogP contribution in [0.1, 0.15) is 108 Å². The zero-order valence-electron chi connectivity index (χ0n) is 44.1. The molecule has 4 aromatic rings. The van der Waals surface area contributed by atoms with Crippen LogP contribution >= 0.6 is 22.9 Å². The highest BCUT2D eigenvalue weighted by atomic mass is 35.5. The third kappa shape index (κ3) is 10.1. The fraction of sp³-hybridized carbons (Fsp3) is 0.554. The number of anilines is 1. The summed E-state index contributed by atoms with van der Waals surface area (Å²) < 4.78 is 6.73. The minimum absolute atomic E-state index is 0.0468. The fourth-order valence-corrected chi connectivity index (χ4v) is 14.3. The summed E-state index contributed by atoms with van der Waals surface area (Å²) in [5, 5.41) is 24.2. The Balaban J connectivity index is 0.921. The number of benzene rings is 2. The summed E-state index contributed by atoms with van der Waals surface area (Å²) in [4.78, 5) is 77.4. The second-order valence-electron chi connectivity index (χ2n) is 23.9. The number of ether oxygens (including phenoxy) is 1. The molecule has 2 saturated carbocycles. The van der Waals surface area contributed by atoms with E-state index in [2.05, 4.69) is 63.7 Å². The molecule has 5 fully saturated rings. The van der Waals surface area contributed by atoms with E-state index >= 15 is 9.59 Å². The molecule has 394 valence electrons. The van der Waals surface area contributed by atoms with Gasteiger partial charge in [0, 0.05) is 92.8 Å². The number of aliphatic hydroxyl groups is 1. The molecule has 4 atom stereocenters. The van der Waals surface area contributed by atoms with Gasteiger partial charge in [0.1, 0.15) is 35.8 Å². The van der Waals surface area contributed by atoms with Crippen LogP contribution in [-0.2, 0) is 14.4 Å². The number of nitrogens with zero attached hydrogens (tertiary/aromatic N) is 8. The Morgan fingerprint density at radius 1 is 1.00 bits per heavy atom. The number of halogens is 1. The molecule has 1 spiro atoms. The van der Waals surface area contributed by atoms with E-state index in [-0.39, 0.29) is 47.7 Å². The van der Waals surface area contributed by atoms with Gasteiger partial charge < -0.3 is 35.6 Å². The van der Waals surface area contributed by atoms with Crippen LogP contribution in [0.3, 0.4) is 0 Å². The number of pyridine rings is 1. The Hall–Kier alpha value is -5.64. The number of carbonyl (C=O) groups is 4. The zero-order chi connectivity index (χ0) is 53.2. The molecule has 4 amide bonds. The van der Waals surface area contributed by atoms with Crippen LogP contribution < -0.4 is 20.7 Å². The topological polar surface area (TPSA) is 202 Å². The van der Waals surface area contributed by atoms with Gasteiger partial charge in [-0.2, -0.15) is 5.26 Å². The van der Waals surface area contributed by atoms with Crippen molar-refractivity contribution in [1.82, 2.24) is 34.9 Å². The van der Waals surface area contributed by atoms with Gasteiger partial charge in [0.05, 0.1) is 50.9 Å². The molecule has 2 aromatic heterocycles. The molecule has 18 heteroatoms. The first-order valence-corrected chi connectivity index (χ1v) is 27.1. The van der Waals surface area contributed by atoms with Crippen molar-refractivity contribution in [3.8, 4) is 22.3 Å². The molecule has 2 aliphatic carbocycles. The Labute approximate surface area is 444 Å². The number of primary amides is 1. The van der Waals surface area contributed by atoms with Crippen LogP contribution in [0.5, 0.6) is 5.75 Å². The molecule has 5 heterocycles. The van der Waals surface area contributed by atoms with Crippen molar-refractivity contribution in [2.45, 2.75) is 124 Å². The summed E-state index contributed by atoms with van der Waals surface area (Å²) in [5.74, 6) is -0.0677. The van der Waals surface area contributed by atoms with E-state index in [4.69, 9.17) is 22.1 Å². The van der Waals surface area contributed by atoms with Crippen LogP contribution in [-0.4, -0.2) is 147 Å². The molecule has 4 N–H and O–H groups in total. The molecule has 3 saturated heterocycles. The smallest absolute Gasteiger partial charge is 0.250 e. The summed E-state index contributed by atoms with van der Waals surface area (Å²) in [6.45, 7) is 22.9. The van der Waals surface area contributed by atoms with Gasteiger partial charge in [-0.1, -0.05) is 84.3 Å².